The summed E-state index contributed by atoms with van der Waals surface area (Å²) in [5, 5.41) is 4.68. The van der Waals surface area contributed by atoms with E-state index in [0.29, 0.717) is 12.0 Å². The minimum absolute atomic E-state index is 0.362. The summed E-state index contributed by atoms with van der Waals surface area (Å²) < 4.78 is 5.64. The number of hydrogen-bond donors (Lipinski definition) is 1. The van der Waals surface area contributed by atoms with E-state index in [1.54, 1.807) is 0 Å². The number of hydrogen-bond acceptors (Lipinski definition) is 3. The first kappa shape index (κ1) is 13.5. The molecule has 0 aliphatic carbocycles. The van der Waals surface area contributed by atoms with E-state index in [2.05, 4.69) is 40.6 Å². The van der Waals surface area contributed by atoms with Crippen LogP contribution in [0.5, 0.6) is 0 Å². The fourth-order valence-electron chi connectivity index (χ4n) is 3.14. The molecule has 2 atom stereocenters. The van der Waals surface area contributed by atoms with Crippen LogP contribution in [0.15, 0.2) is 30.3 Å². The number of nitrogens with zero attached hydrogens (tertiary/aromatic N) is 1. The molecular formula is C17H22N2O. The van der Waals surface area contributed by atoms with Gasteiger partial charge in [-0.1, -0.05) is 12.1 Å². The third kappa shape index (κ3) is 2.69. The molecule has 20 heavy (non-hydrogen) atoms. The third-order valence-electron chi connectivity index (χ3n) is 4.19. The van der Waals surface area contributed by atoms with Crippen LogP contribution >= 0.6 is 0 Å². The van der Waals surface area contributed by atoms with Crippen molar-refractivity contribution in [3.63, 3.8) is 0 Å². The molecule has 0 amide bonds. The minimum atomic E-state index is 0.362. The highest BCUT2D eigenvalue weighted by atomic mass is 16.5. The molecule has 0 bridgehead atoms. The fourth-order valence-corrected chi connectivity index (χ4v) is 3.14. The Bertz CT molecular complexity index is 591. The summed E-state index contributed by atoms with van der Waals surface area (Å²) in [6.07, 6.45) is 2.40. The number of aryl methyl sites for hydroxylation is 1. The lowest BCUT2D eigenvalue weighted by atomic mass is 9.88. The van der Waals surface area contributed by atoms with Gasteiger partial charge in [-0.2, -0.15) is 0 Å². The summed E-state index contributed by atoms with van der Waals surface area (Å²) >= 11 is 0. The van der Waals surface area contributed by atoms with Gasteiger partial charge in [-0.3, -0.25) is 4.98 Å². The van der Waals surface area contributed by atoms with Crippen molar-refractivity contribution < 1.29 is 4.74 Å². The molecule has 2 aromatic rings. The van der Waals surface area contributed by atoms with Gasteiger partial charge in [-0.05, 0) is 50.6 Å². The van der Waals surface area contributed by atoms with Gasteiger partial charge in [0.1, 0.15) is 0 Å². The summed E-state index contributed by atoms with van der Waals surface area (Å²) in [5.74, 6) is 0.560. The topological polar surface area (TPSA) is 34.2 Å². The molecule has 2 heterocycles. The number of nitrogens with one attached hydrogen (secondary N) is 1. The average molecular weight is 270 g/mol. The lowest BCUT2D eigenvalue weighted by Crippen LogP contribution is -2.31. The number of aromatic nitrogens is 1. The largest absolute Gasteiger partial charge is 0.381 e. The van der Waals surface area contributed by atoms with Crippen molar-refractivity contribution >= 4 is 10.9 Å². The Hall–Kier alpha value is -1.45. The van der Waals surface area contributed by atoms with Gasteiger partial charge in [-0.25, -0.2) is 0 Å². The van der Waals surface area contributed by atoms with Crippen LogP contribution in [0.2, 0.25) is 0 Å². The summed E-state index contributed by atoms with van der Waals surface area (Å²) in [6.45, 7) is 3.80. The normalized spacial score (nSPS) is 21.0. The molecule has 3 rings (SSSR count). The first-order chi connectivity index (χ1) is 9.78. The van der Waals surface area contributed by atoms with Gasteiger partial charge < -0.3 is 10.1 Å². The lowest BCUT2D eigenvalue weighted by Gasteiger charge is -2.30. The van der Waals surface area contributed by atoms with Gasteiger partial charge in [0, 0.05) is 29.6 Å². The zero-order valence-corrected chi connectivity index (χ0v) is 12.2. The molecule has 1 fully saturated rings. The molecule has 1 N–H and O–H groups in total. The lowest BCUT2D eigenvalue weighted by molar-refractivity contribution is 0.0402. The Morgan fingerprint density at radius 1 is 1.30 bits per heavy atom. The maximum atomic E-state index is 5.64. The zero-order chi connectivity index (χ0) is 13.9. The minimum Gasteiger partial charge on any atom is -0.381 e. The van der Waals surface area contributed by atoms with Crippen LogP contribution in [0.25, 0.3) is 10.9 Å². The van der Waals surface area contributed by atoms with Gasteiger partial charge in [0.25, 0.3) is 0 Å². The molecule has 0 spiro atoms. The molecule has 1 aliphatic heterocycles. The predicted molar refractivity (Wildman–Crippen MR) is 81.8 cm³/mol. The van der Waals surface area contributed by atoms with Crippen molar-refractivity contribution in [1.82, 2.24) is 10.3 Å². The summed E-state index contributed by atoms with van der Waals surface area (Å²) in [6, 6.07) is 11.2. The molecule has 0 saturated carbocycles. The molecule has 1 aromatic heterocycles. The van der Waals surface area contributed by atoms with Gasteiger partial charge >= 0.3 is 0 Å². The highest BCUT2D eigenvalue weighted by Gasteiger charge is 2.24. The Labute approximate surface area is 120 Å². The summed E-state index contributed by atoms with van der Waals surface area (Å²) in [5.41, 5.74) is 3.47. The summed E-state index contributed by atoms with van der Waals surface area (Å²) in [4.78, 5) is 4.57. The van der Waals surface area contributed by atoms with Crippen molar-refractivity contribution in [3.8, 4) is 0 Å². The van der Waals surface area contributed by atoms with Crippen LogP contribution in [0.4, 0.5) is 0 Å². The maximum absolute atomic E-state index is 5.64. The molecule has 0 radical (unpaired) electrons. The SMILES string of the molecule is CNC(c1ccc2nc(C)ccc2c1)C1CCCOC1. The molecule has 1 saturated heterocycles. The second-order valence-electron chi connectivity index (χ2n) is 5.65. The van der Waals surface area contributed by atoms with Crippen LogP contribution in [0.1, 0.15) is 30.1 Å². The Kier molecular flexibility index (Phi) is 3.99. The molecule has 3 heteroatoms. The van der Waals surface area contributed by atoms with Crippen molar-refractivity contribution in [2.75, 3.05) is 20.3 Å². The number of rotatable bonds is 3. The molecule has 1 aromatic carbocycles. The van der Waals surface area contributed by atoms with Crippen LogP contribution in [0.3, 0.4) is 0 Å². The monoisotopic (exact) mass is 270 g/mol. The number of fused-ring (bicyclic) bond motifs is 1. The number of pyridine rings is 1. The van der Waals surface area contributed by atoms with Crippen LogP contribution in [-0.4, -0.2) is 25.2 Å². The van der Waals surface area contributed by atoms with E-state index >= 15 is 0 Å². The van der Waals surface area contributed by atoms with Gasteiger partial charge in [0.05, 0.1) is 12.1 Å². The van der Waals surface area contributed by atoms with Crippen molar-refractivity contribution in [1.29, 1.82) is 0 Å². The van der Waals surface area contributed by atoms with Gasteiger partial charge in [0.2, 0.25) is 0 Å². The third-order valence-corrected chi connectivity index (χ3v) is 4.19. The first-order valence-electron chi connectivity index (χ1n) is 7.40. The first-order valence-corrected chi connectivity index (χ1v) is 7.40. The van der Waals surface area contributed by atoms with E-state index in [9.17, 15) is 0 Å². The van der Waals surface area contributed by atoms with Crippen molar-refractivity contribution in [2.45, 2.75) is 25.8 Å². The smallest absolute Gasteiger partial charge is 0.0705 e. The number of benzene rings is 1. The van der Waals surface area contributed by atoms with E-state index in [1.807, 2.05) is 14.0 Å². The van der Waals surface area contributed by atoms with Gasteiger partial charge in [0.15, 0.2) is 0 Å². The Morgan fingerprint density at radius 2 is 2.20 bits per heavy atom. The Balaban J connectivity index is 1.92. The Morgan fingerprint density at radius 3 is 2.95 bits per heavy atom. The van der Waals surface area contributed by atoms with E-state index in [-0.39, 0.29) is 0 Å². The van der Waals surface area contributed by atoms with Crippen molar-refractivity contribution in [2.24, 2.45) is 5.92 Å². The quantitative estimate of drug-likeness (QED) is 0.929. The van der Waals surface area contributed by atoms with E-state index in [0.717, 1.165) is 30.8 Å². The highest BCUT2D eigenvalue weighted by molar-refractivity contribution is 5.79. The molecule has 3 nitrogen and oxygen atoms in total. The van der Waals surface area contributed by atoms with E-state index in [1.165, 1.54) is 17.4 Å². The standard InChI is InChI=1S/C17H22N2O/c1-12-5-6-13-10-14(7-8-16(13)19-12)17(18-2)15-4-3-9-20-11-15/h5-8,10,15,17-18H,3-4,9,11H2,1-2H3. The van der Waals surface area contributed by atoms with E-state index < -0.39 is 0 Å². The highest BCUT2D eigenvalue weighted by Crippen LogP contribution is 2.30. The number of ether oxygens (including phenoxy) is 1. The zero-order valence-electron chi connectivity index (χ0n) is 12.2. The molecular weight excluding hydrogens is 248 g/mol. The van der Waals surface area contributed by atoms with Crippen LogP contribution in [0, 0.1) is 12.8 Å². The second kappa shape index (κ2) is 5.90. The van der Waals surface area contributed by atoms with Crippen LogP contribution < -0.4 is 5.32 Å². The maximum Gasteiger partial charge on any atom is 0.0705 e. The molecule has 106 valence electrons. The van der Waals surface area contributed by atoms with Gasteiger partial charge in [-0.15, -0.1) is 0 Å². The predicted octanol–water partition coefficient (Wildman–Crippen LogP) is 3.23. The summed E-state index contributed by atoms with van der Waals surface area (Å²) in [7, 11) is 2.04. The molecule has 2 unspecified atom stereocenters. The van der Waals surface area contributed by atoms with Crippen LogP contribution in [-0.2, 0) is 4.74 Å². The van der Waals surface area contributed by atoms with Crippen molar-refractivity contribution in [3.05, 3.63) is 41.6 Å². The molecule has 1 aliphatic rings. The second-order valence-corrected chi connectivity index (χ2v) is 5.65. The van der Waals surface area contributed by atoms with E-state index in [4.69, 9.17) is 4.74 Å². The fraction of sp³-hybridized carbons (Fsp3) is 0.471. The average Bonchev–Trinajstić information content (AvgIpc) is 2.49.